The number of guanidine groups is 1. The molecule has 73 heavy (non-hydrogen) atoms. The number of Topliss-reactive ketones (excluding diaryl/α,β-unsaturated/α-hetero) is 2. The number of aliphatic hydroxyl groups excluding tert-OH is 2. The SMILES string of the molecule is CC1=N[C@@]2(C(=O)N1CC(C)(C)F)c1cc(CC(=O)C(C)(C)F)ccc1CC21C[C@@H](C)C(O)[C@@H](C)C1.C[C@@H]1CC2(Cc3ccc(CC(=O)C(C)(C)F)cc3[C@]23N=C(N)N(CC(C)(C)F)C3=O)C[C@H](C)C1O.ClCCl. The van der Waals surface area contributed by atoms with Crippen molar-refractivity contribution >= 4 is 58.4 Å². The van der Waals surface area contributed by atoms with Crippen molar-refractivity contribution in [1.82, 2.24) is 9.80 Å². The lowest BCUT2D eigenvalue weighted by molar-refractivity contribution is -0.142. The number of hydrogen-bond donors (Lipinski definition) is 3. The van der Waals surface area contributed by atoms with Gasteiger partial charge in [-0.2, -0.15) is 0 Å². The maximum Gasteiger partial charge on any atom is 0.262 e. The Hall–Kier alpha value is -3.92. The van der Waals surface area contributed by atoms with Gasteiger partial charge in [0.25, 0.3) is 11.8 Å². The largest absolute Gasteiger partial charge is 0.393 e. The fourth-order valence-electron chi connectivity index (χ4n) is 13.3. The molecule has 8 rings (SSSR count). The average molecular weight is 1060 g/mol. The van der Waals surface area contributed by atoms with Crippen molar-refractivity contribution in [3.05, 3.63) is 69.8 Å². The number of amides is 2. The van der Waals surface area contributed by atoms with Crippen LogP contribution < -0.4 is 5.73 Å². The fourth-order valence-corrected chi connectivity index (χ4v) is 13.3. The van der Waals surface area contributed by atoms with Gasteiger partial charge in [-0.05, 0) is 158 Å². The number of aliphatic imine (C=N–C) groups is 2. The zero-order valence-electron chi connectivity index (χ0n) is 44.9. The number of benzene rings is 2. The number of carbonyl (C=O) groups excluding carboxylic acids is 4. The molecule has 0 saturated heterocycles. The molecule has 2 heterocycles. The van der Waals surface area contributed by atoms with Crippen molar-refractivity contribution in [3.8, 4) is 0 Å². The number of carbonyl (C=O) groups is 4. The van der Waals surface area contributed by atoms with Crippen LogP contribution in [0.5, 0.6) is 0 Å². The monoisotopic (exact) mass is 1060 g/mol. The summed E-state index contributed by atoms with van der Waals surface area (Å²) in [6, 6.07) is 11.1. The maximum atomic E-state index is 14.7. The Morgan fingerprint density at radius 2 is 0.973 bits per heavy atom. The first-order valence-electron chi connectivity index (χ1n) is 25.5. The predicted octanol–water partition coefficient (Wildman–Crippen LogP) is 9.76. The van der Waals surface area contributed by atoms with Gasteiger partial charge in [0, 0.05) is 23.7 Å². The van der Waals surface area contributed by atoms with Crippen LogP contribution in [0.25, 0.3) is 0 Å². The predicted molar refractivity (Wildman–Crippen MR) is 279 cm³/mol. The van der Waals surface area contributed by atoms with E-state index in [2.05, 4.69) is 0 Å². The fraction of sp³-hybridized carbons (Fsp3) is 0.679. The van der Waals surface area contributed by atoms with Gasteiger partial charge in [0.15, 0.2) is 39.9 Å². The van der Waals surface area contributed by atoms with Crippen LogP contribution in [0, 0.1) is 34.5 Å². The topological polar surface area (TPSA) is 166 Å². The van der Waals surface area contributed by atoms with Crippen molar-refractivity contribution in [3.63, 3.8) is 0 Å². The molecule has 10 atom stereocenters. The highest BCUT2D eigenvalue weighted by Crippen LogP contribution is 2.65. The smallest absolute Gasteiger partial charge is 0.262 e. The lowest BCUT2D eigenvalue weighted by Gasteiger charge is -2.49. The minimum absolute atomic E-state index is 0.0225. The van der Waals surface area contributed by atoms with Crippen molar-refractivity contribution in [1.29, 1.82) is 0 Å². The molecular weight excluding hydrogens is 986 g/mol. The molecule has 2 saturated carbocycles. The van der Waals surface area contributed by atoms with E-state index in [1.165, 1.54) is 65.2 Å². The maximum absolute atomic E-state index is 14.7. The van der Waals surface area contributed by atoms with Crippen LogP contribution >= 0.6 is 23.2 Å². The van der Waals surface area contributed by atoms with E-state index < -0.39 is 68.4 Å². The molecular formula is C56H77Cl2F4N5O6. The minimum Gasteiger partial charge on any atom is -0.393 e. The number of nitrogens with two attached hydrogens (primary N) is 1. The van der Waals surface area contributed by atoms with Gasteiger partial charge < -0.3 is 15.9 Å². The molecule has 2 aromatic rings. The molecule has 0 radical (unpaired) electrons. The molecule has 17 heteroatoms. The highest BCUT2D eigenvalue weighted by molar-refractivity contribution is 6.40. The molecule has 0 aromatic heterocycles. The second kappa shape index (κ2) is 20.2. The normalized spacial score (nSPS) is 31.8. The Labute approximate surface area is 439 Å². The Kier molecular flexibility index (Phi) is 16.2. The molecule has 4 aliphatic carbocycles. The first-order valence-corrected chi connectivity index (χ1v) is 26.6. The number of rotatable bonds is 10. The lowest BCUT2D eigenvalue weighted by Crippen LogP contribution is -2.56. The van der Waals surface area contributed by atoms with Gasteiger partial charge in [0.1, 0.15) is 17.2 Å². The van der Waals surface area contributed by atoms with Crippen LogP contribution in [0.3, 0.4) is 0 Å². The first kappa shape index (κ1) is 58.3. The van der Waals surface area contributed by atoms with Crippen LogP contribution in [-0.4, -0.2) is 109 Å². The minimum atomic E-state index is -1.97. The van der Waals surface area contributed by atoms with Crippen molar-refractivity contribution in [2.24, 2.45) is 50.2 Å². The molecule has 2 aliphatic heterocycles. The Morgan fingerprint density at radius 3 is 1.32 bits per heavy atom. The Bertz CT molecular complexity index is 2350. The number of fused-ring (bicyclic) bond motifs is 6. The van der Waals surface area contributed by atoms with Crippen LogP contribution in [0.15, 0.2) is 46.4 Å². The summed E-state index contributed by atoms with van der Waals surface area (Å²) in [6.45, 7) is 20.0. The van der Waals surface area contributed by atoms with Crippen LogP contribution in [-0.2, 0) is 55.9 Å². The number of aliphatic hydroxyl groups is 2. The molecule has 2 amide bonds. The van der Waals surface area contributed by atoms with E-state index in [1.807, 2.05) is 52.0 Å². The molecule has 11 nitrogen and oxygen atoms in total. The zero-order valence-corrected chi connectivity index (χ0v) is 46.4. The van der Waals surface area contributed by atoms with E-state index in [-0.39, 0.29) is 72.7 Å². The molecule has 4 unspecified atom stereocenters. The standard InChI is InChI=1S/C28H38F2N2O3.C27H37F2N3O3.CH2Cl2/c1-16-12-27(13-17(2)23(16)34)14-20-9-8-19(11-22(33)26(6,7)30)10-21(20)28(27)24(35)32(18(3)31-28)15-25(4,5)29;1-15-11-26(12-16(2)21(15)34)13-18-8-7-17(10-20(33)25(5,6)29)9-19(18)27(26)22(35)32(23(30)31-27)14-24(3,4)28;2-1-3/h8-10,16-17,23,34H,11-15H2,1-7H3;7-9,15-16,21,34H,10-14H2,1-6H3,(H2,30,31);1H2/t16-,17+,23?,27?,28-;15-,16+,21?,26?,27-;/m11./s1. The third-order valence-electron chi connectivity index (χ3n) is 16.4. The van der Waals surface area contributed by atoms with Gasteiger partial charge in [-0.3, -0.25) is 34.0 Å². The third kappa shape index (κ3) is 10.8. The molecule has 6 aliphatic rings. The van der Waals surface area contributed by atoms with Gasteiger partial charge in [-0.1, -0.05) is 64.1 Å². The number of amidine groups is 1. The molecule has 2 fully saturated rings. The summed E-state index contributed by atoms with van der Waals surface area (Å²) >= 11 is 9.53. The van der Waals surface area contributed by atoms with E-state index in [0.29, 0.717) is 61.1 Å². The Morgan fingerprint density at radius 1 is 0.644 bits per heavy atom. The van der Waals surface area contributed by atoms with E-state index >= 15 is 0 Å². The second-order valence-electron chi connectivity index (χ2n) is 24.6. The second-order valence-corrected chi connectivity index (χ2v) is 25.4. The number of halogens is 6. The highest BCUT2D eigenvalue weighted by Gasteiger charge is 2.70. The Balaban J connectivity index is 0.000000226. The molecule has 4 spiro atoms. The van der Waals surface area contributed by atoms with E-state index in [9.17, 15) is 47.0 Å². The molecule has 404 valence electrons. The van der Waals surface area contributed by atoms with E-state index in [4.69, 9.17) is 38.9 Å². The van der Waals surface area contributed by atoms with Crippen LogP contribution in [0.2, 0.25) is 0 Å². The molecule has 2 aromatic carbocycles. The summed E-state index contributed by atoms with van der Waals surface area (Å²) in [5, 5.41) is 21.6. The lowest BCUT2D eigenvalue weighted by atomic mass is 9.56. The third-order valence-corrected chi connectivity index (χ3v) is 16.4. The highest BCUT2D eigenvalue weighted by atomic mass is 35.5. The molecule has 4 N–H and O–H groups in total. The molecule has 0 bridgehead atoms. The van der Waals surface area contributed by atoms with Gasteiger partial charge >= 0.3 is 0 Å². The number of alkyl halides is 6. The van der Waals surface area contributed by atoms with Crippen molar-refractivity contribution in [2.75, 3.05) is 18.4 Å². The average Bonchev–Trinajstić information content (AvgIpc) is 3.85. The van der Waals surface area contributed by atoms with E-state index in [0.717, 1.165) is 16.7 Å². The van der Waals surface area contributed by atoms with Crippen molar-refractivity contribution in [2.45, 2.75) is 187 Å². The summed E-state index contributed by atoms with van der Waals surface area (Å²) in [4.78, 5) is 65.9. The number of hydrogen-bond acceptors (Lipinski definition) is 9. The number of ketones is 2. The van der Waals surface area contributed by atoms with Crippen molar-refractivity contribution < 1.29 is 47.0 Å². The van der Waals surface area contributed by atoms with Gasteiger partial charge in [-0.25, -0.2) is 22.6 Å². The van der Waals surface area contributed by atoms with E-state index in [1.54, 1.807) is 19.1 Å². The number of nitrogens with zero attached hydrogens (tertiary/aromatic N) is 4. The van der Waals surface area contributed by atoms with Gasteiger partial charge in [0.2, 0.25) is 0 Å². The summed E-state index contributed by atoms with van der Waals surface area (Å²) in [5.41, 5.74) is -0.236. The first-order chi connectivity index (χ1) is 33.4. The van der Waals surface area contributed by atoms with Gasteiger partial charge in [0.05, 0.1) is 30.6 Å². The summed E-state index contributed by atoms with van der Waals surface area (Å²) in [5.74, 6) is -1.46. The zero-order chi connectivity index (χ0) is 55.0. The quantitative estimate of drug-likeness (QED) is 0.157. The summed E-state index contributed by atoms with van der Waals surface area (Å²) in [6.07, 6.45) is 2.32. The van der Waals surface area contributed by atoms with Crippen LogP contribution in [0.4, 0.5) is 17.6 Å². The summed E-state index contributed by atoms with van der Waals surface area (Å²) in [7, 11) is 0. The van der Waals surface area contributed by atoms with Gasteiger partial charge in [-0.15, -0.1) is 23.2 Å². The van der Waals surface area contributed by atoms with Crippen LogP contribution in [0.1, 0.15) is 149 Å². The summed E-state index contributed by atoms with van der Waals surface area (Å²) < 4.78 is 57.9.